The number of anilines is 1. The maximum atomic E-state index is 13.7. The lowest BCUT2D eigenvalue weighted by Crippen LogP contribution is -2.26. The maximum absolute atomic E-state index is 13.7. The number of nitrogens with zero attached hydrogens (tertiary/aromatic N) is 2. The van der Waals surface area contributed by atoms with Gasteiger partial charge in [-0.05, 0) is 42.8 Å². The second-order valence-electron chi connectivity index (χ2n) is 7.22. The molecule has 8 nitrogen and oxygen atoms in total. The molecule has 0 atom stereocenters. The number of fused-ring (bicyclic) bond motifs is 1. The van der Waals surface area contributed by atoms with Crippen molar-refractivity contribution >= 4 is 39.1 Å². The van der Waals surface area contributed by atoms with Crippen LogP contribution in [0.5, 0.6) is 5.75 Å². The fourth-order valence-corrected chi connectivity index (χ4v) is 4.45. The number of amides is 1. The van der Waals surface area contributed by atoms with Crippen molar-refractivity contribution in [2.24, 2.45) is 7.05 Å². The number of ether oxygens (including phenoxy) is 2. The predicted molar refractivity (Wildman–Crippen MR) is 127 cm³/mol. The topological polar surface area (TPSA) is 99.5 Å². The first-order valence-electron chi connectivity index (χ1n) is 10.2. The van der Waals surface area contributed by atoms with Crippen LogP contribution in [0.15, 0.2) is 52.6 Å². The first-order chi connectivity index (χ1) is 16.3. The summed E-state index contributed by atoms with van der Waals surface area (Å²) in [6, 6.07) is 10.8. The van der Waals surface area contributed by atoms with Crippen molar-refractivity contribution in [1.82, 2.24) is 9.78 Å². The first kappa shape index (κ1) is 23.1. The third-order valence-electron chi connectivity index (χ3n) is 5.13. The van der Waals surface area contributed by atoms with E-state index in [9.17, 15) is 18.8 Å². The summed E-state index contributed by atoms with van der Waals surface area (Å²) < 4.78 is 25.4. The molecule has 34 heavy (non-hydrogen) atoms. The number of methoxy groups -OCH3 is 1. The number of nitrogens with one attached hydrogen (secondary N) is 1. The Labute approximate surface area is 197 Å². The number of aryl methyl sites for hydroxylation is 1. The van der Waals surface area contributed by atoms with Crippen molar-refractivity contribution in [3.8, 4) is 16.9 Å². The van der Waals surface area contributed by atoms with Crippen molar-refractivity contribution in [1.29, 1.82) is 0 Å². The van der Waals surface area contributed by atoms with Crippen LogP contribution in [-0.4, -0.2) is 35.4 Å². The minimum Gasteiger partial charge on any atom is -0.497 e. The molecule has 0 spiro atoms. The molecule has 4 aromatic rings. The van der Waals surface area contributed by atoms with Gasteiger partial charge in [-0.3, -0.25) is 14.3 Å². The van der Waals surface area contributed by atoms with Gasteiger partial charge in [0.1, 0.15) is 22.1 Å². The van der Waals surface area contributed by atoms with Gasteiger partial charge < -0.3 is 14.8 Å². The summed E-state index contributed by atoms with van der Waals surface area (Å²) in [7, 11) is 3.10. The lowest BCUT2D eigenvalue weighted by atomic mass is 10.0. The van der Waals surface area contributed by atoms with Crippen LogP contribution in [-0.2, 0) is 11.8 Å². The summed E-state index contributed by atoms with van der Waals surface area (Å²) in [4.78, 5) is 38.7. The zero-order valence-corrected chi connectivity index (χ0v) is 19.4. The fourth-order valence-electron chi connectivity index (χ4n) is 3.50. The molecule has 0 unspecified atom stereocenters. The van der Waals surface area contributed by atoms with Gasteiger partial charge in [0, 0.05) is 18.0 Å². The van der Waals surface area contributed by atoms with E-state index in [2.05, 4.69) is 10.4 Å². The number of hydrogen-bond acceptors (Lipinski definition) is 7. The second kappa shape index (κ2) is 9.44. The minimum absolute atomic E-state index is 0.0263. The summed E-state index contributed by atoms with van der Waals surface area (Å²) in [5.41, 5.74) is 0.685. The molecule has 0 fully saturated rings. The highest BCUT2D eigenvalue weighted by Crippen LogP contribution is 2.37. The van der Waals surface area contributed by atoms with Gasteiger partial charge >= 0.3 is 5.97 Å². The van der Waals surface area contributed by atoms with Gasteiger partial charge in [0.25, 0.3) is 5.91 Å². The molecule has 1 amide bonds. The number of carbonyl (C=O) groups is 2. The number of carbonyl (C=O) groups excluding carboxylic acids is 2. The van der Waals surface area contributed by atoms with Crippen molar-refractivity contribution in [3.63, 3.8) is 0 Å². The van der Waals surface area contributed by atoms with E-state index in [1.807, 2.05) is 0 Å². The summed E-state index contributed by atoms with van der Waals surface area (Å²) in [6.45, 7) is 1.82. The summed E-state index contributed by atoms with van der Waals surface area (Å²) >= 11 is 1.11. The van der Waals surface area contributed by atoms with Crippen LogP contribution in [0.3, 0.4) is 0 Å². The van der Waals surface area contributed by atoms with E-state index in [0.717, 1.165) is 23.0 Å². The zero-order chi connectivity index (χ0) is 24.4. The van der Waals surface area contributed by atoms with Gasteiger partial charge in [0.15, 0.2) is 5.69 Å². The standard InChI is InChI=1S/C24H20FN3O5S/c1-4-33-24(31)19-17(13-5-8-15(32-3)9-6-13)12-34-23(19)26-22(30)20-21(29)16-11-14(25)7-10-18(16)28(2)27-20/h5-12H,4H2,1-3H3,(H,26,30). The van der Waals surface area contributed by atoms with Crippen LogP contribution in [0, 0.1) is 5.82 Å². The third kappa shape index (κ3) is 4.27. The average molecular weight is 482 g/mol. The molecule has 0 bridgehead atoms. The van der Waals surface area contributed by atoms with Gasteiger partial charge in [-0.15, -0.1) is 11.3 Å². The van der Waals surface area contributed by atoms with Gasteiger partial charge in [0.05, 0.1) is 24.6 Å². The Kier molecular flexibility index (Phi) is 6.42. The maximum Gasteiger partial charge on any atom is 0.341 e. The van der Waals surface area contributed by atoms with Crippen LogP contribution in [0.4, 0.5) is 9.39 Å². The molecule has 0 aliphatic carbocycles. The molecular weight excluding hydrogens is 461 g/mol. The van der Waals surface area contributed by atoms with E-state index in [0.29, 0.717) is 16.8 Å². The van der Waals surface area contributed by atoms with Gasteiger partial charge in [-0.1, -0.05) is 12.1 Å². The molecule has 0 saturated carbocycles. The minimum atomic E-state index is -0.819. The second-order valence-corrected chi connectivity index (χ2v) is 8.10. The Morgan fingerprint density at radius 3 is 2.59 bits per heavy atom. The number of esters is 1. The molecule has 0 radical (unpaired) electrons. The van der Waals surface area contributed by atoms with Crippen molar-refractivity contribution in [3.05, 3.63) is 75.1 Å². The molecule has 0 aliphatic rings. The highest BCUT2D eigenvalue weighted by molar-refractivity contribution is 7.15. The Bertz CT molecular complexity index is 1460. The summed E-state index contributed by atoms with van der Waals surface area (Å²) in [6.07, 6.45) is 0. The van der Waals surface area contributed by atoms with E-state index >= 15 is 0 Å². The average Bonchev–Trinajstić information content (AvgIpc) is 3.25. The number of benzene rings is 2. The Morgan fingerprint density at radius 2 is 1.91 bits per heavy atom. The van der Waals surface area contributed by atoms with Crippen LogP contribution in [0.1, 0.15) is 27.8 Å². The molecule has 0 aliphatic heterocycles. The van der Waals surface area contributed by atoms with Crippen LogP contribution < -0.4 is 15.5 Å². The van der Waals surface area contributed by atoms with Gasteiger partial charge in [-0.2, -0.15) is 5.10 Å². The monoisotopic (exact) mass is 481 g/mol. The number of rotatable bonds is 6. The number of hydrogen-bond donors (Lipinski definition) is 1. The van der Waals surface area contributed by atoms with E-state index < -0.39 is 28.8 Å². The lowest BCUT2D eigenvalue weighted by molar-refractivity contribution is 0.0529. The molecule has 174 valence electrons. The highest BCUT2D eigenvalue weighted by atomic mass is 32.1. The van der Waals surface area contributed by atoms with Gasteiger partial charge in [0.2, 0.25) is 5.43 Å². The third-order valence-corrected chi connectivity index (χ3v) is 6.03. The van der Waals surface area contributed by atoms with E-state index in [-0.39, 0.29) is 22.6 Å². The molecule has 2 heterocycles. The van der Waals surface area contributed by atoms with Crippen molar-refractivity contribution < 1.29 is 23.5 Å². The fraction of sp³-hybridized carbons (Fsp3) is 0.167. The quantitative estimate of drug-likeness (QED) is 0.414. The smallest absolute Gasteiger partial charge is 0.341 e. The number of halogens is 1. The van der Waals surface area contributed by atoms with Crippen molar-refractivity contribution in [2.45, 2.75) is 6.92 Å². The zero-order valence-electron chi connectivity index (χ0n) is 18.5. The Morgan fingerprint density at radius 1 is 1.18 bits per heavy atom. The molecule has 2 aromatic carbocycles. The van der Waals surface area contributed by atoms with Crippen LogP contribution in [0.25, 0.3) is 22.0 Å². The highest BCUT2D eigenvalue weighted by Gasteiger charge is 2.25. The van der Waals surface area contributed by atoms with Crippen LogP contribution in [0.2, 0.25) is 0 Å². The Balaban J connectivity index is 1.76. The summed E-state index contributed by atoms with van der Waals surface area (Å²) in [5, 5.41) is 8.62. The molecular formula is C24H20FN3O5S. The van der Waals surface area contributed by atoms with Crippen LogP contribution >= 0.6 is 11.3 Å². The largest absolute Gasteiger partial charge is 0.497 e. The van der Waals surface area contributed by atoms with E-state index in [1.54, 1.807) is 50.7 Å². The molecule has 4 rings (SSSR count). The number of aromatic nitrogens is 2. The van der Waals surface area contributed by atoms with E-state index in [4.69, 9.17) is 9.47 Å². The predicted octanol–water partition coefficient (Wildman–Crippen LogP) is 4.24. The SMILES string of the molecule is CCOC(=O)c1c(-c2ccc(OC)cc2)csc1NC(=O)c1nn(C)c2ccc(F)cc2c1=O. The molecule has 1 N–H and O–H groups in total. The van der Waals surface area contributed by atoms with E-state index in [1.165, 1.54) is 16.8 Å². The number of thiophene rings is 1. The normalized spacial score (nSPS) is 10.8. The molecule has 10 heteroatoms. The lowest BCUT2D eigenvalue weighted by Gasteiger charge is -2.10. The molecule has 0 saturated heterocycles. The van der Waals surface area contributed by atoms with Crippen molar-refractivity contribution in [2.75, 3.05) is 19.0 Å². The molecule has 2 aromatic heterocycles. The summed E-state index contributed by atoms with van der Waals surface area (Å²) in [5.74, 6) is -1.39. The van der Waals surface area contributed by atoms with Gasteiger partial charge in [-0.25, -0.2) is 9.18 Å². The first-order valence-corrected chi connectivity index (χ1v) is 11.1. The Hall–Kier alpha value is -4.05.